The number of hydrogen-bond acceptors (Lipinski definition) is 3. The Kier molecular flexibility index (Phi) is 3.49. The zero-order valence-corrected chi connectivity index (χ0v) is 8.69. The molecule has 0 saturated carbocycles. The Labute approximate surface area is 84.5 Å². The first-order chi connectivity index (χ1) is 6.69. The van der Waals surface area contributed by atoms with Gasteiger partial charge in [-0.25, -0.2) is 0 Å². The summed E-state index contributed by atoms with van der Waals surface area (Å²) in [5, 5.41) is 8.95. The summed E-state index contributed by atoms with van der Waals surface area (Å²) in [6, 6.07) is 9.59. The highest BCUT2D eigenvalue weighted by molar-refractivity contribution is 5.31. The van der Waals surface area contributed by atoms with Gasteiger partial charge in [0.1, 0.15) is 11.8 Å². The molecule has 74 valence electrons. The zero-order chi connectivity index (χ0) is 10.6. The monoisotopic (exact) mass is 190 g/mol. The van der Waals surface area contributed by atoms with Crippen LogP contribution in [0.4, 0.5) is 0 Å². The topological polar surface area (TPSA) is 36.3 Å². The molecule has 0 aliphatic heterocycles. The van der Waals surface area contributed by atoms with E-state index in [2.05, 4.69) is 6.07 Å². The number of nitrogens with zero attached hydrogens (tertiary/aromatic N) is 2. The Morgan fingerprint density at radius 3 is 2.21 bits per heavy atom. The average molecular weight is 190 g/mol. The highest BCUT2D eigenvalue weighted by Crippen LogP contribution is 2.20. The third-order valence-corrected chi connectivity index (χ3v) is 2.07. The van der Waals surface area contributed by atoms with Crippen LogP contribution >= 0.6 is 0 Å². The van der Waals surface area contributed by atoms with Crippen LogP contribution in [-0.2, 0) is 0 Å². The molecule has 3 heteroatoms. The normalized spacial score (nSPS) is 12.2. The number of nitriles is 1. The summed E-state index contributed by atoms with van der Waals surface area (Å²) < 4.78 is 5.05. The number of rotatable bonds is 3. The lowest BCUT2D eigenvalue weighted by atomic mass is 10.1. The van der Waals surface area contributed by atoms with Crippen LogP contribution in [0, 0.1) is 11.3 Å². The SMILES string of the molecule is COc1ccc([C@@H](C#N)N(C)C)cc1. The molecule has 0 unspecified atom stereocenters. The molecule has 0 aliphatic carbocycles. The fourth-order valence-electron chi connectivity index (χ4n) is 1.27. The minimum atomic E-state index is -0.194. The van der Waals surface area contributed by atoms with Gasteiger partial charge in [-0.15, -0.1) is 0 Å². The Morgan fingerprint density at radius 1 is 1.29 bits per heavy atom. The predicted octanol–water partition coefficient (Wildman–Crippen LogP) is 1.82. The molecule has 1 aromatic carbocycles. The molecule has 0 aliphatic rings. The Hall–Kier alpha value is -1.53. The van der Waals surface area contributed by atoms with Gasteiger partial charge in [0.15, 0.2) is 0 Å². The molecule has 0 N–H and O–H groups in total. The van der Waals surface area contributed by atoms with Gasteiger partial charge in [0.25, 0.3) is 0 Å². The summed E-state index contributed by atoms with van der Waals surface area (Å²) in [6.45, 7) is 0. The molecule has 0 aromatic heterocycles. The standard InChI is InChI=1S/C11H14N2O/c1-13(2)11(8-12)9-4-6-10(14-3)7-5-9/h4-7,11H,1-3H3/t11-/m1/s1. The van der Waals surface area contributed by atoms with E-state index in [1.54, 1.807) is 7.11 Å². The van der Waals surface area contributed by atoms with Crippen LogP contribution in [-0.4, -0.2) is 26.1 Å². The molecule has 0 radical (unpaired) electrons. The smallest absolute Gasteiger partial charge is 0.123 e. The molecule has 0 fully saturated rings. The second-order valence-electron chi connectivity index (χ2n) is 3.27. The lowest BCUT2D eigenvalue weighted by molar-refractivity contribution is 0.357. The van der Waals surface area contributed by atoms with E-state index in [4.69, 9.17) is 10.00 Å². The summed E-state index contributed by atoms with van der Waals surface area (Å²) in [5.41, 5.74) is 0.985. The molecular formula is C11H14N2O. The van der Waals surface area contributed by atoms with Crippen molar-refractivity contribution in [3.63, 3.8) is 0 Å². The largest absolute Gasteiger partial charge is 0.497 e. The first kappa shape index (κ1) is 10.6. The van der Waals surface area contributed by atoms with E-state index >= 15 is 0 Å². The maximum Gasteiger partial charge on any atom is 0.123 e. The molecule has 0 bridgehead atoms. The molecule has 1 rings (SSSR count). The van der Waals surface area contributed by atoms with E-state index in [0.717, 1.165) is 11.3 Å². The van der Waals surface area contributed by atoms with Gasteiger partial charge in [-0.2, -0.15) is 5.26 Å². The maximum atomic E-state index is 8.95. The van der Waals surface area contributed by atoms with Gasteiger partial charge < -0.3 is 4.74 Å². The van der Waals surface area contributed by atoms with Crippen LogP contribution in [0.3, 0.4) is 0 Å². The minimum Gasteiger partial charge on any atom is -0.497 e. The van der Waals surface area contributed by atoms with Gasteiger partial charge in [-0.1, -0.05) is 12.1 Å². The van der Waals surface area contributed by atoms with E-state index in [9.17, 15) is 0 Å². The van der Waals surface area contributed by atoms with E-state index < -0.39 is 0 Å². The highest BCUT2D eigenvalue weighted by Gasteiger charge is 2.12. The summed E-state index contributed by atoms with van der Waals surface area (Å²) in [5.74, 6) is 0.809. The zero-order valence-electron chi connectivity index (χ0n) is 8.69. The van der Waals surface area contributed by atoms with E-state index in [-0.39, 0.29) is 6.04 Å². The quantitative estimate of drug-likeness (QED) is 0.729. The highest BCUT2D eigenvalue weighted by atomic mass is 16.5. The third kappa shape index (κ3) is 2.24. The first-order valence-corrected chi connectivity index (χ1v) is 4.39. The van der Waals surface area contributed by atoms with E-state index in [1.165, 1.54) is 0 Å². The molecule has 0 amide bonds. The Balaban J connectivity index is 2.91. The summed E-state index contributed by atoms with van der Waals surface area (Å²) >= 11 is 0. The number of benzene rings is 1. The molecule has 3 nitrogen and oxygen atoms in total. The maximum absolute atomic E-state index is 8.95. The van der Waals surface area contributed by atoms with Crippen LogP contribution in [0.25, 0.3) is 0 Å². The van der Waals surface area contributed by atoms with Crippen molar-refractivity contribution >= 4 is 0 Å². The molecule has 0 heterocycles. The van der Waals surface area contributed by atoms with Crippen molar-refractivity contribution in [3.05, 3.63) is 29.8 Å². The van der Waals surface area contributed by atoms with E-state index in [0.29, 0.717) is 0 Å². The fourth-order valence-corrected chi connectivity index (χ4v) is 1.27. The van der Waals surface area contributed by atoms with Crippen LogP contribution in [0.1, 0.15) is 11.6 Å². The van der Waals surface area contributed by atoms with Gasteiger partial charge in [-0.05, 0) is 31.8 Å². The molecule has 0 saturated heterocycles. The number of ether oxygens (including phenoxy) is 1. The van der Waals surface area contributed by atoms with Crippen molar-refractivity contribution < 1.29 is 4.74 Å². The predicted molar refractivity (Wildman–Crippen MR) is 55.0 cm³/mol. The van der Waals surface area contributed by atoms with Crippen molar-refractivity contribution in [3.8, 4) is 11.8 Å². The fraction of sp³-hybridized carbons (Fsp3) is 0.364. The van der Waals surface area contributed by atoms with Gasteiger partial charge in [0.05, 0.1) is 13.2 Å². The van der Waals surface area contributed by atoms with Crippen LogP contribution in [0.15, 0.2) is 24.3 Å². The Bertz CT molecular complexity index is 324. The van der Waals surface area contributed by atoms with Crippen molar-refractivity contribution in [2.45, 2.75) is 6.04 Å². The van der Waals surface area contributed by atoms with Crippen LogP contribution in [0.2, 0.25) is 0 Å². The van der Waals surface area contributed by atoms with Gasteiger partial charge in [-0.3, -0.25) is 4.90 Å². The molecular weight excluding hydrogens is 176 g/mol. The van der Waals surface area contributed by atoms with Gasteiger partial charge in [0.2, 0.25) is 0 Å². The van der Waals surface area contributed by atoms with Crippen molar-refractivity contribution in [2.24, 2.45) is 0 Å². The number of methoxy groups -OCH3 is 1. The molecule has 14 heavy (non-hydrogen) atoms. The second kappa shape index (κ2) is 4.64. The molecule has 0 spiro atoms. The summed E-state index contributed by atoms with van der Waals surface area (Å²) in [6.07, 6.45) is 0. The van der Waals surface area contributed by atoms with Crippen LogP contribution < -0.4 is 4.74 Å². The third-order valence-electron chi connectivity index (χ3n) is 2.07. The lowest BCUT2D eigenvalue weighted by Crippen LogP contribution is -2.18. The summed E-state index contributed by atoms with van der Waals surface area (Å²) in [7, 11) is 5.40. The van der Waals surface area contributed by atoms with Crippen molar-refractivity contribution in [1.29, 1.82) is 5.26 Å². The van der Waals surface area contributed by atoms with Crippen molar-refractivity contribution in [1.82, 2.24) is 4.90 Å². The minimum absolute atomic E-state index is 0.194. The lowest BCUT2D eigenvalue weighted by Gasteiger charge is -2.17. The Morgan fingerprint density at radius 2 is 1.86 bits per heavy atom. The van der Waals surface area contributed by atoms with Crippen LogP contribution in [0.5, 0.6) is 5.75 Å². The summed E-state index contributed by atoms with van der Waals surface area (Å²) in [4.78, 5) is 1.88. The average Bonchev–Trinajstić information content (AvgIpc) is 2.19. The molecule has 1 atom stereocenters. The van der Waals surface area contributed by atoms with E-state index in [1.807, 2.05) is 43.3 Å². The molecule has 1 aromatic rings. The van der Waals surface area contributed by atoms with Gasteiger partial charge in [0, 0.05) is 0 Å². The number of hydrogen-bond donors (Lipinski definition) is 0. The second-order valence-corrected chi connectivity index (χ2v) is 3.27. The van der Waals surface area contributed by atoms with Crippen molar-refractivity contribution in [2.75, 3.05) is 21.2 Å². The van der Waals surface area contributed by atoms with Gasteiger partial charge >= 0.3 is 0 Å². The first-order valence-electron chi connectivity index (χ1n) is 4.39.